The van der Waals surface area contributed by atoms with Crippen LogP contribution in [0.25, 0.3) is 0 Å². The second-order valence-corrected chi connectivity index (χ2v) is 11.6. The minimum atomic E-state index is -4.69. The van der Waals surface area contributed by atoms with Crippen molar-refractivity contribution in [2.45, 2.75) is 9.79 Å². The van der Waals surface area contributed by atoms with Crippen LogP contribution < -0.4 is 4.13 Å². The number of halogens is 4. The Morgan fingerprint density at radius 1 is 0.769 bits per heavy atom. The largest absolute Gasteiger partial charge is 0.317 e. The molecule has 2 aromatic carbocycles. The third kappa shape index (κ3) is 7.51. The van der Waals surface area contributed by atoms with E-state index < -0.39 is 44.8 Å². The maximum absolute atomic E-state index is 13.5. The molecule has 0 saturated carbocycles. The van der Waals surface area contributed by atoms with Crippen molar-refractivity contribution in [3.05, 3.63) is 60.2 Å². The van der Waals surface area contributed by atoms with Gasteiger partial charge in [0.25, 0.3) is 20.0 Å². The molecular formula is C12H9Cl2F2NO6S3. The zero-order chi connectivity index (χ0) is 20.2. The summed E-state index contributed by atoms with van der Waals surface area (Å²) < 4.78 is 93.6. The van der Waals surface area contributed by atoms with Gasteiger partial charge in [0.1, 0.15) is 16.5 Å². The number of sulfonamides is 2. The highest BCUT2D eigenvalue weighted by molar-refractivity contribution is 8.31. The summed E-state index contributed by atoms with van der Waals surface area (Å²) in [5.74, 6) is -2.36. The zero-order valence-electron chi connectivity index (χ0n) is 12.3. The first kappa shape index (κ1) is 22.7. The molecule has 0 aliphatic carbocycles. The van der Waals surface area contributed by atoms with Gasteiger partial charge in [-0.15, -0.1) is 4.13 Å². The van der Waals surface area contributed by atoms with Crippen molar-refractivity contribution in [3.63, 3.8) is 0 Å². The Morgan fingerprint density at radius 2 is 1.27 bits per heavy atom. The summed E-state index contributed by atoms with van der Waals surface area (Å²) in [6, 6.07) is 8.42. The molecule has 7 nitrogen and oxygen atoms in total. The smallest absolute Gasteiger partial charge is 0.207 e. The number of rotatable bonds is 4. The van der Waals surface area contributed by atoms with E-state index in [1.807, 2.05) is 0 Å². The van der Waals surface area contributed by atoms with Crippen molar-refractivity contribution < 1.29 is 34.0 Å². The minimum Gasteiger partial charge on any atom is -0.207 e. The Kier molecular flexibility index (Phi) is 7.51. The van der Waals surface area contributed by atoms with E-state index >= 15 is 0 Å². The van der Waals surface area contributed by atoms with Gasteiger partial charge in [-0.05, 0) is 24.3 Å². The zero-order valence-corrected chi connectivity index (χ0v) is 16.3. The molecule has 0 fully saturated rings. The van der Waals surface area contributed by atoms with Gasteiger partial charge >= 0.3 is 8.26 Å². The highest BCUT2D eigenvalue weighted by Crippen LogP contribution is 2.17. The lowest BCUT2D eigenvalue weighted by Gasteiger charge is -2.08. The lowest BCUT2D eigenvalue weighted by molar-refractivity contribution is 0.546. The van der Waals surface area contributed by atoms with Gasteiger partial charge in [0.2, 0.25) is 0 Å². The van der Waals surface area contributed by atoms with Gasteiger partial charge in [-0.3, -0.25) is 0 Å². The summed E-state index contributed by atoms with van der Waals surface area (Å²) in [6.45, 7) is 0. The Hall–Kier alpha value is -1.31. The van der Waals surface area contributed by atoms with E-state index in [0.717, 1.165) is 0 Å². The molecule has 0 aliphatic rings. The molecule has 0 amide bonds. The molecule has 0 radical (unpaired) electrons. The molecule has 26 heavy (non-hydrogen) atoms. The number of nitrogens with one attached hydrogen (secondary N) is 1. The van der Waals surface area contributed by atoms with E-state index in [0.29, 0.717) is 18.2 Å². The van der Waals surface area contributed by atoms with Crippen molar-refractivity contribution >= 4 is 49.7 Å². The molecule has 0 spiro atoms. The van der Waals surface area contributed by atoms with Gasteiger partial charge in [0.05, 0.1) is 4.90 Å². The number of benzene rings is 2. The van der Waals surface area contributed by atoms with E-state index in [-0.39, 0.29) is 4.90 Å². The first-order valence-corrected chi connectivity index (χ1v) is 12.3. The maximum Gasteiger partial charge on any atom is 0.317 e. The lowest BCUT2D eigenvalue weighted by atomic mass is 10.3. The predicted octanol–water partition coefficient (Wildman–Crippen LogP) is 2.34. The van der Waals surface area contributed by atoms with Crippen LogP contribution in [-0.4, -0.2) is 25.3 Å². The summed E-state index contributed by atoms with van der Waals surface area (Å²) in [6.07, 6.45) is 0. The lowest BCUT2D eigenvalue weighted by Crippen LogP contribution is -2.31. The fourth-order valence-corrected chi connectivity index (χ4v) is 4.51. The molecule has 0 aliphatic heterocycles. The average molecular weight is 468 g/mol. The van der Waals surface area contributed by atoms with Crippen LogP contribution in [0.15, 0.2) is 58.3 Å². The van der Waals surface area contributed by atoms with Crippen molar-refractivity contribution in [1.29, 1.82) is 0 Å². The van der Waals surface area contributed by atoms with E-state index in [2.05, 4.69) is 21.4 Å². The van der Waals surface area contributed by atoms with E-state index in [4.69, 9.17) is 8.42 Å². The summed E-state index contributed by atoms with van der Waals surface area (Å²) in [4.78, 5) is -1.25. The van der Waals surface area contributed by atoms with Crippen LogP contribution in [-0.2, 0) is 28.3 Å². The minimum absolute atomic E-state index is 0.295. The van der Waals surface area contributed by atoms with E-state index in [9.17, 15) is 25.6 Å². The number of hydrogen-bond acceptors (Lipinski definition) is 6. The van der Waals surface area contributed by atoms with Gasteiger partial charge in [0, 0.05) is 27.4 Å². The normalized spacial score (nSPS) is 12.2. The molecule has 0 unspecified atom stereocenters. The fourth-order valence-electron chi connectivity index (χ4n) is 1.53. The maximum atomic E-state index is 13.5. The van der Waals surface area contributed by atoms with Crippen LogP contribution in [0.1, 0.15) is 0 Å². The molecule has 0 heterocycles. The SMILES string of the molecule is O=S(=O)(Cl)Cl.O=S(=O)(NS(=O)(=O)c1ccc(F)cc1F)c1ccccc1. The van der Waals surface area contributed by atoms with E-state index in [1.165, 1.54) is 28.4 Å². The molecule has 14 heteroatoms. The molecule has 0 saturated heterocycles. The van der Waals surface area contributed by atoms with Crippen molar-refractivity contribution in [2.24, 2.45) is 0 Å². The molecule has 0 atom stereocenters. The second kappa shape index (κ2) is 8.59. The average Bonchev–Trinajstić information content (AvgIpc) is 2.45. The van der Waals surface area contributed by atoms with Crippen LogP contribution >= 0.6 is 21.4 Å². The quantitative estimate of drug-likeness (QED) is 0.690. The molecule has 2 rings (SSSR count). The van der Waals surface area contributed by atoms with E-state index in [1.54, 1.807) is 6.07 Å². The van der Waals surface area contributed by atoms with Crippen LogP contribution in [0.5, 0.6) is 0 Å². The third-order valence-electron chi connectivity index (χ3n) is 2.46. The first-order valence-electron chi connectivity index (χ1n) is 6.15. The second-order valence-electron chi connectivity index (χ2n) is 4.36. The van der Waals surface area contributed by atoms with Crippen molar-refractivity contribution in [1.82, 2.24) is 4.13 Å². The van der Waals surface area contributed by atoms with Crippen LogP contribution in [0.4, 0.5) is 8.78 Å². The molecule has 144 valence electrons. The summed E-state index contributed by atoms with van der Waals surface area (Å²) in [7, 11) is -4.27. The van der Waals surface area contributed by atoms with Gasteiger partial charge in [0.15, 0.2) is 0 Å². The summed E-state index contributed by atoms with van der Waals surface area (Å²) in [5.41, 5.74) is 0. The van der Waals surface area contributed by atoms with Crippen LogP contribution in [0, 0.1) is 11.6 Å². The Morgan fingerprint density at radius 3 is 1.73 bits per heavy atom. The Balaban J connectivity index is 0.000000597. The third-order valence-corrected chi connectivity index (χ3v) is 6.01. The molecular weight excluding hydrogens is 459 g/mol. The highest BCUT2D eigenvalue weighted by Gasteiger charge is 2.27. The Labute approximate surface area is 157 Å². The predicted molar refractivity (Wildman–Crippen MR) is 90.9 cm³/mol. The van der Waals surface area contributed by atoms with Crippen molar-refractivity contribution in [2.75, 3.05) is 0 Å². The van der Waals surface area contributed by atoms with Gasteiger partial charge in [-0.25, -0.2) is 25.6 Å². The van der Waals surface area contributed by atoms with Gasteiger partial charge in [-0.1, -0.05) is 18.2 Å². The van der Waals surface area contributed by atoms with Gasteiger partial charge in [-0.2, -0.15) is 8.42 Å². The standard InChI is InChI=1S/C12H9F2NO4S2.Cl2O2S/c13-9-6-7-12(11(14)8-9)21(18,19)15-20(16,17)10-4-2-1-3-5-10;1-5(2,3)4/h1-8,15H;. The summed E-state index contributed by atoms with van der Waals surface area (Å²) >= 11 is 0. The molecule has 1 N–H and O–H groups in total. The van der Waals surface area contributed by atoms with Crippen molar-refractivity contribution in [3.8, 4) is 0 Å². The topological polar surface area (TPSA) is 114 Å². The van der Waals surface area contributed by atoms with Crippen LogP contribution in [0.2, 0.25) is 0 Å². The number of hydrogen-bond donors (Lipinski definition) is 1. The Bertz CT molecular complexity index is 1080. The van der Waals surface area contributed by atoms with Crippen LogP contribution in [0.3, 0.4) is 0 Å². The first-order chi connectivity index (χ1) is 11.7. The molecule has 0 bridgehead atoms. The molecule has 0 aromatic heterocycles. The highest BCUT2D eigenvalue weighted by atomic mass is 36.0. The monoisotopic (exact) mass is 467 g/mol. The molecule has 2 aromatic rings. The van der Waals surface area contributed by atoms with Gasteiger partial charge < -0.3 is 0 Å². The summed E-state index contributed by atoms with van der Waals surface area (Å²) in [5, 5.41) is 0. The fraction of sp³-hybridized carbons (Fsp3) is 0.